The summed E-state index contributed by atoms with van der Waals surface area (Å²) in [5.41, 5.74) is 1.68. The number of alkyl halides is 3. The molecule has 0 aliphatic rings. The van der Waals surface area contributed by atoms with Gasteiger partial charge in [-0.15, -0.1) is 0 Å². The van der Waals surface area contributed by atoms with Crippen LogP contribution in [0.5, 0.6) is 5.75 Å². The number of pyridine rings is 2. The van der Waals surface area contributed by atoms with Crippen LogP contribution in [0.15, 0.2) is 73.3 Å². The molecule has 4 heterocycles. The van der Waals surface area contributed by atoms with Gasteiger partial charge in [-0.1, -0.05) is 17.7 Å². The fourth-order valence-corrected chi connectivity index (χ4v) is 5.01. The van der Waals surface area contributed by atoms with Crippen molar-refractivity contribution in [3.8, 4) is 5.75 Å². The molecule has 2 N–H and O–H groups in total. The molecule has 5 aromatic rings. The molecule has 0 spiro atoms. The van der Waals surface area contributed by atoms with Gasteiger partial charge in [0.2, 0.25) is 5.91 Å². The Morgan fingerprint density at radius 3 is 2.60 bits per heavy atom. The number of quaternary nitrogens is 1. The van der Waals surface area contributed by atoms with Gasteiger partial charge in [-0.05, 0) is 52.4 Å². The Kier molecular flexibility index (Phi) is 11.7. The number of hydrogen-bond donors (Lipinski definition) is 2. The molecule has 0 fully saturated rings. The van der Waals surface area contributed by atoms with Gasteiger partial charge in [0.05, 0.1) is 43.1 Å². The SMILES string of the molecule is Cn1c(C(F)(F)F)nc([N+](=O)[O-])c1C[N+](C)(C)C/C=C/C(=O)Nc1cc2c(Nc3ccc(OCc4ccccn4)c(Cl)c3)ncnc2cn1.[Br-]. The van der Waals surface area contributed by atoms with Gasteiger partial charge in [-0.25, -0.2) is 15.0 Å². The second-order valence-electron chi connectivity index (χ2n) is 11.4. The van der Waals surface area contributed by atoms with Crippen LogP contribution in [0.3, 0.4) is 0 Å². The van der Waals surface area contributed by atoms with Crippen LogP contribution in [0.1, 0.15) is 17.2 Å². The number of benzene rings is 1. The number of rotatable bonds is 12. The lowest BCUT2D eigenvalue weighted by molar-refractivity contribution is -0.898. The number of aromatic nitrogens is 6. The normalized spacial score (nSPS) is 11.7. The molecule has 0 radical (unpaired) electrons. The average Bonchev–Trinajstić information content (AvgIpc) is 3.37. The lowest BCUT2D eigenvalue weighted by atomic mass is 10.2. The number of nitro groups is 1. The molecule has 4 aromatic heterocycles. The molecule has 19 heteroatoms. The van der Waals surface area contributed by atoms with E-state index in [9.17, 15) is 28.1 Å². The molecule has 0 saturated heterocycles. The van der Waals surface area contributed by atoms with Crippen LogP contribution in [0.25, 0.3) is 10.9 Å². The van der Waals surface area contributed by atoms with Crippen molar-refractivity contribution in [3.63, 3.8) is 0 Å². The van der Waals surface area contributed by atoms with Crippen LogP contribution in [-0.4, -0.2) is 65.4 Å². The van der Waals surface area contributed by atoms with Crippen molar-refractivity contribution in [1.82, 2.24) is 29.5 Å². The Balaban J connectivity index is 0.00000562. The van der Waals surface area contributed by atoms with E-state index >= 15 is 0 Å². The quantitative estimate of drug-likeness (QED) is 0.0834. The van der Waals surface area contributed by atoms with E-state index in [2.05, 4.69) is 35.6 Å². The Bertz CT molecular complexity index is 2050. The summed E-state index contributed by atoms with van der Waals surface area (Å²) in [7, 11) is 4.39. The van der Waals surface area contributed by atoms with Gasteiger partial charge in [-0.3, -0.25) is 14.3 Å². The molecule has 0 saturated carbocycles. The molecule has 0 bridgehead atoms. The summed E-state index contributed by atoms with van der Waals surface area (Å²) < 4.78 is 46.4. The summed E-state index contributed by atoms with van der Waals surface area (Å²) in [6.07, 6.45) is 2.40. The van der Waals surface area contributed by atoms with Crippen molar-refractivity contribution in [2.24, 2.45) is 7.05 Å². The number of nitrogens with zero attached hydrogens (tertiary/aromatic N) is 8. The van der Waals surface area contributed by atoms with Gasteiger partial charge < -0.3 is 46.9 Å². The minimum atomic E-state index is -4.86. The number of imidazole rings is 1. The third-order valence-electron chi connectivity index (χ3n) is 7.13. The first-order valence-electron chi connectivity index (χ1n) is 14.5. The van der Waals surface area contributed by atoms with Crippen LogP contribution in [0, 0.1) is 10.1 Å². The number of carbonyl (C=O) groups excluding carboxylic acids is 1. The van der Waals surface area contributed by atoms with Crippen LogP contribution >= 0.6 is 11.6 Å². The van der Waals surface area contributed by atoms with E-state index in [0.29, 0.717) is 37.7 Å². The Hall–Kier alpha value is -5.20. The largest absolute Gasteiger partial charge is 1.00 e. The monoisotopic (exact) mass is 776 g/mol. The van der Waals surface area contributed by atoms with Gasteiger partial charge in [0.15, 0.2) is 5.69 Å². The van der Waals surface area contributed by atoms with E-state index in [0.717, 1.165) is 12.7 Å². The van der Waals surface area contributed by atoms with Gasteiger partial charge in [0.25, 0.3) is 0 Å². The standard InChI is InChI=1S/C31H28ClF3N10O4.BrH/c1-43-24(29(44(47)48)42-30(43)31(33,34)35)16-45(2,3)12-6-8-27(46)41-26-14-21-23(15-37-26)38-18-39-28(21)40-19-9-10-25(22(32)13-19)49-17-20-7-4-5-11-36-20;/h4-11,13-15,18H,12,16-17H2,1-3H3,(H-,37,38,39,40,41,46);1H/b8-6+;. The highest BCUT2D eigenvalue weighted by Gasteiger charge is 2.45. The predicted molar refractivity (Wildman–Crippen MR) is 174 cm³/mol. The Labute approximate surface area is 298 Å². The summed E-state index contributed by atoms with van der Waals surface area (Å²) in [5, 5.41) is 18.2. The van der Waals surface area contributed by atoms with Crippen LogP contribution in [-0.2, 0) is 31.2 Å². The maximum absolute atomic E-state index is 13.3. The van der Waals surface area contributed by atoms with E-state index in [1.54, 1.807) is 44.6 Å². The van der Waals surface area contributed by atoms with Crippen molar-refractivity contribution in [3.05, 3.63) is 106 Å². The second-order valence-corrected chi connectivity index (χ2v) is 11.8. The number of fused-ring (bicyclic) bond motifs is 1. The molecule has 14 nitrogen and oxygen atoms in total. The van der Waals surface area contributed by atoms with Crippen LogP contribution in [0.2, 0.25) is 5.02 Å². The number of likely N-dealkylation sites (N-methyl/N-ethyl adjacent to an activating group) is 1. The number of hydrogen-bond acceptors (Lipinski definition) is 10. The van der Waals surface area contributed by atoms with Crippen LogP contribution in [0.4, 0.5) is 36.3 Å². The fraction of sp³-hybridized carbons (Fsp3) is 0.226. The van der Waals surface area contributed by atoms with Crippen molar-refractivity contribution in [2.75, 3.05) is 31.3 Å². The molecule has 0 aliphatic heterocycles. The van der Waals surface area contributed by atoms with Crippen molar-refractivity contribution in [1.29, 1.82) is 0 Å². The summed E-state index contributed by atoms with van der Waals surface area (Å²) in [6.45, 7) is 0.245. The highest BCUT2D eigenvalue weighted by molar-refractivity contribution is 6.32. The van der Waals surface area contributed by atoms with Gasteiger partial charge in [0.1, 0.15) is 36.9 Å². The summed E-state index contributed by atoms with van der Waals surface area (Å²) in [4.78, 5) is 43.5. The van der Waals surface area contributed by atoms with E-state index in [1.165, 1.54) is 24.7 Å². The lowest BCUT2D eigenvalue weighted by Crippen LogP contribution is -3.00. The highest BCUT2D eigenvalue weighted by Crippen LogP contribution is 2.34. The minimum Gasteiger partial charge on any atom is -1.00 e. The number of nitrogens with one attached hydrogen (secondary N) is 2. The van der Waals surface area contributed by atoms with E-state index < -0.39 is 28.6 Å². The summed E-state index contributed by atoms with van der Waals surface area (Å²) >= 11 is 6.46. The Morgan fingerprint density at radius 1 is 1.14 bits per heavy atom. The van der Waals surface area contributed by atoms with Crippen molar-refractivity contribution >= 4 is 51.6 Å². The number of amides is 1. The van der Waals surface area contributed by atoms with Gasteiger partial charge >= 0.3 is 17.8 Å². The molecular weight excluding hydrogens is 749 g/mol. The van der Waals surface area contributed by atoms with Gasteiger partial charge in [-0.2, -0.15) is 13.2 Å². The third-order valence-corrected chi connectivity index (χ3v) is 7.43. The summed E-state index contributed by atoms with van der Waals surface area (Å²) in [5.74, 6) is -1.65. The smallest absolute Gasteiger partial charge is 0.475 e. The van der Waals surface area contributed by atoms with E-state index in [4.69, 9.17) is 16.3 Å². The number of halogens is 5. The summed E-state index contributed by atoms with van der Waals surface area (Å²) in [6, 6.07) is 12.3. The zero-order chi connectivity index (χ0) is 35.3. The zero-order valence-electron chi connectivity index (χ0n) is 26.7. The van der Waals surface area contributed by atoms with Crippen molar-refractivity contribution < 1.29 is 49.1 Å². The number of carbonyl (C=O) groups is 1. The molecule has 0 unspecified atom stereocenters. The first-order valence-corrected chi connectivity index (χ1v) is 14.8. The predicted octanol–water partition coefficient (Wildman–Crippen LogP) is 2.83. The second kappa shape index (κ2) is 15.6. The maximum Gasteiger partial charge on any atom is 0.475 e. The van der Waals surface area contributed by atoms with E-state index in [-0.39, 0.29) is 52.7 Å². The fourth-order valence-electron chi connectivity index (χ4n) is 4.77. The molecular formula is C31H29BrClF3N10O4. The molecule has 1 aromatic carbocycles. The maximum atomic E-state index is 13.3. The first-order chi connectivity index (χ1) is 23.2. The lowest BCUT2D eigenvalue weighted by Gasteiger charge is -2.28. The minimum absolute atomic E-state index is 0. The number of ether oxygens (including phenoxy) is 1. The Morgan fingerprint density at radius 2 is 1.92 bits per heavy atom. The zero-order valence-corrected chi connectivity index (χ0v) is 29.0. The molecule has 0 atom stereocenters. The molecule has 262 valence electrons. The molecule has 0 aliphatic carbocycles. The first kappa shape index (κ1) is 37.6. The molecule has 5 rings (SSSR count). The highest BCUT2D eigenvalue weighted by atomic mass is 79.9. The van der Waals surface area contributed by atoms with Crippen LogP contribution < -0.4 is 32.4 Å². The topological polar surface area (TPSA) is 163 Å². The molecule has 50 heavy (non-hydrogen) atoms. The average molecular weight is 778 g/mol. The molecule has 1 amide bonds. The number of anilines is 3. The van der Waals surface area contributed by atoms with E-state index in [1.807, 2.05) is 18.2 Å². The van der Waals surface area contributed by atoms with Gasteiger partial charge in [0, 0.05) is 30.4 Å². The third kappa shape index (κ3) is 9.27. The van der Waals surface area contributed by atoms with Crippen molar-refractivity contribution in [2.45, 2.75) is 19.3 Å².